The first kappa shape index (κ1) is 20.5. The molecular formula is C24H22BrN5O2. The number of likely N-dealkylation sites (tertiary alicyclic amines) is 1. The second-order valence-corrected chi connectivity index (χ2v) is 9.05. The first-order valence-electron chi connectivity index (χ1n) is 10.4. The van der Waals surface area contributed by atoms with Gasteiger partial charge in [-0.05, 0) is 36.8 Å². The van der Waals surface area contributed by atoms with Gasteiger partial charge in [0.1, 0.15) is 6.54 Å². The van der Waals surface area contributed by atoms with Gasteiger partial charge < -0.3 is 14.8 Å². The molecule has 32 heavy (non-hydrogen) atoms. The van der Waals surface area contributed by atoms with Gasteiger partial charge in [-0.1, -0.05) is 34.6 Å². The number of hydrogen-bond acceptors (Lipinski definition) is 3. The van der Waals surface area contributed by atoms with Crippen molar-refractivity contribution >= 4 is 49.6 Å². The molecule has 1 aliphatic rings. The molecule has 3 heterocycles. The number of rotatable bonds is 5. The number of nitrogens with zero attached hydrogens (tertiary/aromatic N) is 3. The molecule has 2 aromatic heterocycles. The Morgan fingerprint density at radius 1 is 1.31 bits per heavy atom. The Morgan fingerprint density at radius 2 is 2.12 bits per heavy atom. The Labute approximate surface area is 193 Å². The third kappa shape index (κ3) is 3.50. The van der Waals surface area contributed by atoms with Crippen LogP contribution in [-0.4, -0.2) is 50.6 Å². The van der Waals surface area contributed by atoms with Gasteiger partial charge in [0.25, 0.3) is 0 Å². The van der Waals surface area contributed by atoms with Crippen LogP contribution in [0.4, 0.5) is 0 Å². The minimum Gasteiger partial charge on any atom is -0.348 e. The quantitative estimate of drug-likeness (QED) is 0.416. The number of H-pyrrole nitrogens is 1. The van der Waals surface area contributed by atoms with E-state index >= 15 is 0 Å². The number of halogens is 1. The summed E-state index contributed by atoms with van der Waals surface area (Å²) in [5.74, 6) is -0.186. The fourth-order valence-electron chi connectivity index (χ4n) is 4.37. The van der Waals surface area contributed by atoms with E-state index in [2.05, 4.69) is 63.1 Å². The third-order valence-corrected chi connectivity index (χ3v) is 6.48. The van der Waals surface area contributed by atoms with Crippen LogP contribution < -0.4 is 5.32 Å². The van der Waals surface area contributed by atoms with Crippen LogP contribution in [0, 0.1) is 6.92 Å². The number of hydrogen-bond donors (Lipinski definition) is 2. The molecule has 7 nitrogen and oxygen atoms in total. The molecule has 1 saturated heterocycles. The minimum absolute atomic E-state index is 0.0252. The number of aryl methyl sites for hydroxylation is 1. The molecule has 2 amide bonds. The van der Waals surface area contributed by atoms with E-state index in [1.807, 2.05) is 29.1 Å². The van der Waals surface area contributed by atoms with Crippen molar-refractivity contribution in [2.75, 3.05) is 13.1 Å². The zero-order valence-electron chi connectivity index (χ0n) is 17.6. The lowest BCUT2D eigenvalue weighted by Crippen LogP contribution is -2.61. The van der Waals surface area contributed by atoms with Crippen molar-refractivity contribution in [2.24, 2.45) is 0 Å². The lowest BCUT2D eigenvalue weighted by Gasteiger charge is -2.38. The van der Waals surface area contributed by atoms with Crippen molar-refractivity contribution in [3.05, 3.63) is 65.4 Å². The van der Waals surface area contributed by atoms with Crippen LogP contribution in [0.1, 0.15) is 5.56 Å². The van der Waals surface area contributed by atoms with Crippen LogP contribution in [-0.2, 0) is 16.1 Å². The molecule has 5 rings (SSSR count). The molecule has 4 aromatic rings. The lowest BCUT2D eigenvalue weighted by atomic mass is 9.97. The molecule has 0 spiro atoms. The minimum atomic E-state index is -0.106. The normalized spacial score (nSPS) is 14.0. The topological polar surface area (TPSA) is 83.0 Å². The summed E-state index contributed by atoms with van der Waals surface area (Å²) in [4.78, 5) is 26.0. The molecule has 0 radical (unpaired) electrons. The maximum atomic E-state index is 12.8. The number of amides is 2. The monoisotopic (exact) mass is 491 g/mol. The Kier molecular flexibility index (Phi) is 5.09. The van der Waals surface area contributed by atoms with E-state index in [1.165, 1.54) is 6.08 Å². The molecule has 0 aliphatic carbocycles. The van der Waals surface area contributed by atoms with Gasteiger partial charge in [-0.2, -0.15) is 5.10 Å². The summed E-state index contributed by atoms with van der Waals surface area (Å²) in [7, 11) is 0. The highest BCUT2D eigenvalue weighted by Gasteiger charge is 2.30. The molecule has 162 valence electrons. The number of aromatic amines is 1. The number of carbonyl (C=O) groups is 2. The van der Waals surface area contributed by atoms with E-state index in [0.717, 1.165) is 43.0 Å². The summed E-state index contributed by atoms with van der Waals surface area (Å²) in [6.07, 6.45) is 5.15. The zero-order valence-corrected chi connectivity index (χ0v) is 19.1. The van der Waals surface area contributed by atoms with Crippen LogP contribution in [0.5, 0.6) is 0 Å². The average Bonchev–Trinajstić information content (AvgIpc) is 3.34. The SMILES string of the molecule is C=CC(=O)N1CC(NC(=O)Cn2cc(-c3c(C)ccc4cn[nH]c34)c3cc(Br)ccc32)C1. The van der Waals surface area contributed by atoms with Gasteiger partial charge in [-0.25, -0.2) is 0 Å². The maximum absolute atomic E-state index is 12.8. The second-order valence-electron chi connectivity index (χ2n) is 8.14. The van der Waals surface area contributed by atoms with Crippen molar-refractivity contribution in [2.45, 2.75) is 19.5 Å². The lowest BCUT2D eigenvalue weighted by molar-refractivity contribution is -0.133. The van der Waals surface area contributed by atoms with Gasteiger partial charge in [0.2, 0.25) is 11.8 Å². The van der Waals surface area contributed by atoms with Crippen molar-refractivity contribution in [1.82, 2.24) is 25.0 Å². The fraction of sp³-hybridized carbons (Fsp3) is 0.208. The number of carbonyl (C=O) groups excluding carboxylic acids is 2. The first-order valence-corrected chi connectivity index (χ1v) is 11.2. The summed E-state index contributed by atoms with van der Waals surface area (Å²) >= 11 is 3.58. The molecule has 1 fully saturated rings. The zero-order chi connectivity index (χ0) is 22.4. The van der Waals surface area contributed by atoms with Crippen LogP contribution in [0.2, 0.25) is 0 Å². The number of nitrogens with one attached hydrogen (secondary N) is 2. The maximum Gasteiger partial charge on any atom is 0.246 e. The molecule has 2 aromatic carbocycles. The standard InChI is InChI=1S/C24H22BrN5O2/c1-3-22(32)30-10-17(11-30)27-21(31)13-29-12-19(18-8-16(25)6-7-20(18)29)23-14(2)4-5-15-9-26-28-24(15)23/h3-9,12,17H,1,10-11,13H2,2H3,(H,26,28)(H,27,31). The predicted molar refractivity (Wildman–Crippen MR) is 128 cm³/mol. The van der Waals surface area contributed by atoms with Crippen molar-refractivity contribution in [1.29, 1.82) is 0 Å². The summed E-state index contributed by atoms with van der Waals surface area (Å²) in [5.41, 5.74) is 5.22. The molecule has 0 saturated carbocycles. The summed E-state index contributed by atoms with van der Waals surface area (Å²) in [6.45, 7) is 6.81. The highest BCUT2D eigenvalue weighted by Crippen LogP contribution is 2.37. The van der Waals surface area contributed by atoms with Crippen LogP contribution in [0.3, 0.4) is 0 Å². The Balaban J connectivity index is 1.47. The van der Waals surface area contributed by atoms with E-state index in [0.29, 0.717) is 13.1 Å². The average molecular weight is 492 g/mol. The van der Waals surface area contributed by atoms with Gasteiger partial charge in [-0.3, -0.25) is 14.7 Å². The highest BCUT2D eigenvalue weighted by atomic mass is 79.9. The Hall–Kier alpha value is -3.39. The van der Waals surface area contributed by atoms with E-state index in [4.69, 9.17) is 0 Å². The second kappa shape index (κ2) is 7.94. The summed E-state index contributed by atoms with van der Waals surface area (Å²) in [6, 6.07) is 10.2. The van der Waals surface area contributed by atoms with Crippen molar-refractivity contribution < 1.29 is 9.59 Å². The molecule has 0 bridgehead atoms. The van der Waals surface area contributed by atoms with E-state index < -0.39 is 0 Å². The third-order valence-electron chi connectivity index (χ3n) is 5.99. The van der Waals surface area contributed by atoms with E-state index in [-0.39, 0.29) is 24.4 Å². The molecule has 2 N–H and O–H groups in total. The number of benzene rings is 2. The van der Waals surface area contributed by atoms with E-state index in [9.17, 15) is 9.59 Å². The molecular weight excluding hydrogens is 470 g/mol. The first-order chi connectivity index (χ1) is 15.4. The van der Waals surface area contributed by atoms with Crippen molar-refractivity contribution in [3.63, 3.8) is 0 Å². The number of fused-ring (bicyclic) bond motifs is 2. The Bertz CT molecular complexity index is 1380. The van der Waals surface area contributed by atoms with Gasteiger partial charge in [0.05, 0.1) is 17.8 Å². The smallest absolute Gasteiger partial charge is 0.246 e. The Morgan fingerprint density at radius 3 is 2.91 bits per heavy atom. The van der Waals surface area contributed by atoms with Crippen molar-refractivity contribution in [3.8, 4) is 11.1 Å². The predicted octanol–water partition coefficient (Wildman–Crippen LogP) is 3.77. The van der Waals surface area contributed by atoms with Crippen LogP contribution in [0.25, 0.3) is 32.9 Å². The van der Waals surface area contributed by atoms with Gasteiger partial charge >= 0.3 is 0 Å². The number of aromatic nitrogens is 3. The fourth-order valence-corrected chi connectivity index (χ4v) is 4.73. The van der Waals surface area contributed by atoms with Crippen LogP contribution in [0.15, 0.2) is 59.9 Å². The highest BCUT2D eigenvalue weighted by molar-refractivity contribution is 9.10. The molecule has 0 atom stereocenters. The van der Waals surface area contributed by atoms with Gasteiger partial charge in [-0.15, -0.1) is 0 Å². The molecule has 8 heteroatoms. The van der Waals surface area contributed by atoms with Crippen LogP contribution >= 0.6 is 15.9 Å². The summed E-state index contributed by atoms with van der Waals surface area (Å²) in [5, 5.41) is 12.5. The van der Waals surface area contributed by atoms with E-state index in [1.54, 1.807) is 4.90 Å². The molecule has 1 aliphatic heterocycles. The molecule has 0 unspecified atom stereocenters. The summed E-state index contributed by atoms with van der Waals surface area (Å²) < 4.78 is 2.95. The van der Waals surface area contributed by atoms with Gasteiger partial charge in [0, 0.05) is 51.2 Å². The van der Waals surface area contributed by atoms with Gasteiger partial charge in [0.15, 0.2) is 0 Å². The largest absolute Gasteiger partial charge is 0.348 e.